The van der Waals surface area contributed by atoms with Gasteiger partial charge >= 0.3 is 5.97 Å². The van der Waals surface area contributed by atoms with E-state index in [1.165, 1.54) is 7.11 Å². The molecule has 23 heavy (non-hydrogen) atoms. The molecule has 1 aromatic rings. The van der Waals surface area contributed by atoms with Gasteiger partial charge in [-0.25, -0.2) is 13.6 Å². The summed E-state index contributed by atoms with van der Waals surface area (Å²) in [7, 11) is 1.35. The van der Waals surface area contributed by atoms with E-state index < -0.39 is 5.92 Å². The molecular formula is C17H22ClF2NO2. The number of carbonyl (C=O) groups excluding carboxylic acids is 1. The van der Waals surface area contributed by atoms with Gasteiger partial charge in [-0.2, -0.15) is 0 Å². The van der Waals surface area contributed by atoms with Crippen LogP contribution >= 0.6 is 12.4 Å². The van der Waals surface area contributed by atoms with E-state index in [2.05, 4.69) is 10.1 Å². The van der Waals surface area contributed by atoms with E-state index in [4.69, 9.17) is 0 Å². The summed E-state index contributed by atoms with van der Waals surface area (Å²) >= 11 is 0. The maximum Gasteiger partial charge on any atom is 0.337 e. The number of methoxy groups -OCH3 is 1. The molecule has 128 valence electrons. The van der Waals surface area contributed by atoms with Gasteiger partial charge < -0.3 is 10.1 Å². The highest BCUT2D eigenvalue weighted by atomic mass is 35.5. The van der Waals surface area contributed by atoms with Crippen LogP contribution in [-0.4, -0.2) is 25.5 Å². The van der Waals surface area contributed by atoms with Crippen molar-refractivity contribution in [1.82, 2.24) is 5.32 Å². The van der Waals surface area contributed by atoms with Crippen LogP contribution in [0, 0.1) is 5.41 Å². The van der Waals surface area contributed by atoms with Crippen molar-refractivity contribution < 1.29 is 18.3 Å². The Bertz CT molecular complexity index is 564. The number of halogens is 3. The van der Waals surface area contributed by atoms with Crippen molar-refractivity contribution in [2.24, 2.45) is 5.41 Å². The second-order valence-corrected chi connectivity index (χ2v) is 6.61. The van der Waals surface area contributed by atoms with Crippen molar-refractivity contribution in [3.05, 3.63) is 35.4 Å². The minimum absolute atomic E-state index is 0. The lowest BCUT2D eigenvalue weighted by atomic mass is 9.73. The molecule has 0 amide bonds. The lowest BCUT2D eigenvalue weighted by Crippen LogP contribution is -2.38. The molecule has 1 aliphatic heterocycles. The molecule has 1 saturated carbocycles. The molecule has 1 heterocycles. The van der Waals surface area contributed by atoms with E-state index in [9.17, 15) is 13.6 Å². The Kier molecular flexibility index (Phi) is 5.31. The van der Waals surface area contributed by atoms with Gasteiger partial charge in [-0.1, -0.05) is 12.1 Å². The Hall–Kier alpha value is -1.20. The Morgan fingerprint density at radius 1 is 1.22 bits per heavy atom. The minimum Gasteiger partial charge on any atom is -0.465 e. The molecule has 1 saturated heterocycles. The highest BCUT2D eigenvalue weighted by molar-refractivity contribution is 5.89. The summed E-state index contributed by atoms with van der Waals surface area (Å²) in [5.74, 6) is -2.87. The second-order valence-electron chi connectivity index (χ2n) is 6.61. The van der Waals surface area contributed by atoms with Crippen molar-refractivity contribution in [3.8, 4) is 0 Å². The Balaban J connectivity index is 0.00000192. The van der Waals surface area contributed by atoms with Crippen LogP contribution in [0.15, 0.2) is 24.3 Å². The number of nitrogens with one attached hydrogen (secondary N) is 1. The smallest absolute Gasteiger partial charge is 0.337 e. The zero-order valence-corrected chi connectivity index (χ0v) is 13.9. The molecular weight excluding hydrogens is 324 g/mol. The van der Waals surface area contributed by atoms with E-state index in [-0.39, 0.29) is 42.7 Å². The normalized spacial score (nSPS) is 29.1. The van der Waals surface area contributed by atoms with Crippen molar-refractivity contribution in [2.45, 2.75) is 44.1 Å². The molecule has 3 rings (SSSR count). The number of esters is 1. The maximum absolute atomic E-state index is 13.6. The number of ether oxygens (including phenoxy) is 1. The van der Waals surface area contributed by atoms with Crippen LogP contribution in [0.3, 0.4) is 0 Å². The third-order valence-electron chi connectivity index (χ3n) is 5.07. The van der Waals surface area contributed by atoms with Crippen molar-refractivity contribution in [1.29, 1.82) is 0 Å². The molecule has 1 spiro atoms. The highest BCUT2D eigenvalue weighted by Crippen LogP contribution is 2.54. The topological polar surface area (TPSA) is 38.3 Å². The first-order valence-electron chi connectivity index (χ1n) is 7.73. The predicted octanol–water partition coefficient (Wildman–Crippen LogP) is 4.13. The first kappa shape index (κ1) is 18.1. The van der Waals surface area contributed by atoms with E-state index in [0.29, 0.717) is 12.0 Å². The quantitative estimate of drug-likeness (QED) is 0.819. The van der Waals surface area contributed by atoms with Crippen LogP contribution in [-0.2, 0) is 4.74 Å². The Labute approximate surface area is 141 Å². The van der Waals surface area contributed by atoms with Gasteiger partial charge in [0.25, 0.3) is 0 Å². The number of rotatable bonds is 2. The van der Waals surface area contributed by atoms with Gasteiger partial charge in [0.15, 0.2) is 0 Å². The molecule has 6 heteroatoms. The number of piperidine rings is 1. The summed E-state index contributed by atoms with van der Waals surface area (Å²) in [5.41, 5.74) is 1.31. The third kappa shape index (κ3) is 3.83. The first-order chi connectivity index (χ1) is 10.4. The van der Waals surface area contributed by atoms with E-state index >= 15 is 0 Å². The molecule has 2 atom stereocenters. The fourth-order valence-corrected chi connectivity index (χ4v) is 3.88. The number of alkyl halides is 2. The van der Waals surface area contributed by atoms with Gasteiger partial charge in [0.2, 0.25) is 5.92 Å². The highest BCUT2D eigenvalue weighted by Gasteiger charge is 2.50. The monoisotopic (exact) mass is 345 g/mol. The zero-order valence-electron chi connectivity index (χ0n) is 13.1. The summed E-state index contributed by atoms with van der Waals surface area (Å²) in [6, 6.07) is 7.31. The molecule has 0 bridgehead atoms. The average Bonchev–Trinajstić information content (AvgIpc) is 2.81. The lowest BCUT2D eigenvalue weighted by Gasteiger charge is -2.39. The number of hydrogen-bond donors (Lipinski definition) is 1. The van der Waals surface area contributed by atoms with Gasteiger partial charge in [0, 0.05) is 18.9 Å². The van der Waals surface area contributed by atoms with Gasteiger partial charge in [-0.05, 0) is 48.9 Å². The van der Waals surface area contributed by atoms with Crippen LogP contribution in [0.25, 0.3) is 0 Å². The van der Waals surface area contributed by atoms with Crippen molar-refractivity contribution >= 4 is 18.4 Å². The minimum atomic E-state index is -2.50. The number of hydrogen-bond acceptors (Lipinski definition) is 3. The van der Waals surface area contributed by atoms with Gasteiger partial charge in [0.1, 0.15) is 0 Å². The summed E-state index contributed by atoms with van der Waals surface area (Å²) < 4.78 is 31.9. The standard InChI is InChI=1S/C17H21F2NO2.ClH/c1-22-15(21)13-4-2-12(3-5-13)14-10-16(8-9-20-14)6-7-17(18,19)11-16;/h2-5,14,20H,6-11H2,1H3;1H. The van der Waals surface area contributed by atoms with Crippen LogP contribution in [0.2, 0.25) is 0 Å². The SMILES string of the molecule is COC(=O)c1ccc(C2CC3(CCN2)CCC(F)(F)C3)cc1.Cl. The molecule has 1 aromatic carbocycles. The van der Waals surface area contributed by atoms with E-state index in [1.54, 1.807) is 12.1 Å². The Morgan fingerprint density at radius 3 is 2.48 bits per heavy atom. The van der Waals surface area contributed by atoms with Gasteiger partial charge in [-0.3, -0.25) is 0 Å². The predicted molar refractivity (Wildman–Crippen MR) is 86.2 cm³/mol. The maximum atomic E-state index is 13.6. The van der Waals surface area contributed by atoms with Crippen LogP contribution < -0.4 is 5.32 Å². The molecule has 0 radical (unpaired) electrons. The van der Waals surface area contributed by atoms with E-state index in [1.807, 2.05) is 12.1 Å². The van der Waals surface area contributed by atoms with Crippen LogP contribution in [0.5, 0.6) is 0 Å². The molecule has 0 aromatic heterocycles. The van der Waals surface area contributed by atoms with Gasteiger partial charge in [-0.15, -0.1) is 12.4 Å². The Morgan fingerprint density at radius 2 is 1.91 bits per heavy atom. The number of carbonyl (C=O) groups is 1. The fourth-order valence-electron chi connectivity index (χ4n) is 3.88. The second kappa shape index (κ2) is 6.73. The molecule has 3 nitrogen and oxygen atoms in total. The van der Waals surface area contributed by atoms with Crippen LogP contribution in [0.1, 0.15) is 54.1 Å². The molecule has 1 N–H and O–H groups in total. The zero-order chi connectivity index (χ0) is 15.8. The molecule has 2 unspecified atom stereocenters. The lowest BCUT2D eigenvalue weighted by molar-refractivity contribution is -0.00992. The summed E-state index contributed by atoms with van der Waals surface area (Å²) in [5, 5.41) is 3.42. The summed E-state index contributed by atoms with van der Waals surface area (Å²) in [6.45, 7) is 0.763. The van der Waals surface area contributed by atoms with Gasteiger partial charge in [0.05, 0.1) is 12.7 Å². The van der Waals surface area contributed by atoms with Crippen LogP contribution in [0.4, 0.5) is 8.78 Å². The third-order valence-corrected chi connectivity index (χ3v) is 5.07. The van der Waals surface area contributed by atoms with E-state index in [0.717, 1.165) is 24.9 Å². The molecule has 2 fully saturated rings. The largest absolute Gasteiger partial charge is 0.465 e. The summed E-state index contributed by atoms with van der Waals surface area (Å²) in [6.07, 6.45) is 2.19. The first-order valence-corrected chi connectivity index (χ1v) is 7.73. The van der Waals surface area contributed by atoms with Crippen molar-refractivity contribution in [3.63, 3.8) is 0 Å². The molecule has 2 aliphatic rings. The fraction of sp³-hybridized carbons (Fsp3) is 0.588. The van der Waals surface area contributed by atoms with Crippen molar-refractivity contribution in [2.75, 3.05) is 13.7 Å². The number of benzene rings is 1. The molecule has 1 aliphatic carbocycles. The summed E-state index contributed by atoms with van der Waals surface area (Å²) in [4.78, 5) is 11.5. The average molecular weight is 346 g/mol.